The minimum atomic E-state index is -1.18. The van der Waals surface area contributed by atoms with Gasteiger partial charge < -0.3 is 9.84 Å². The lowest BCUT2D eigenvalue weighted by Gasteiger charge is -2.13. The van der Waals surface area contributed by atoms with Crippen LogP contribution in [0.4, 0.5) is 8.78 Å². The topological polar surface area (TPSA) is 29.5 Å². The van der Waals surface area contributed by atoms with E-state index < -0.39 is 17.7 Å². The van der Waals surface area contributed by atoms with Gasteiger partial charge in [-0.1, -0.05) is 11.6 Å². The van der Waals surface area contributed by atoms with Crippen molar-refractivity contribution in [3.8, 4) is 5.75 Å². The van der Waals surface area contributed by atoms with Gasteiger partial charge in [0.15, 0.2) is 17.4 Å². The van der Waals surface area contributed by atoms with Gasteiger partial charge in [0.1, 0.15) is 0 Å². The first kappa shape index (κ1) is 11.2. The van der Waals surface area contributed by atoms with Crippen LogP contribution < -0.4 is 4.74 Å². The highest BCUT2D eigenvalue weighted by Gasteiger charge is 2.21. The molecule has 0 saturated carbocycles. The monoisotopic (exact) mass is 222 g/mol. The van der Waals surface area contributed by atoms with Gasteiger partial charge in [-0.25, -0.2) is 8.78 Å². The highest BCUT2D eigenvalue weighted by atomic mass is 35.5. The van der Waals surface area contributed by atoms with Crippen molar-refractivity contribution in [1.29, 1.82) is 0 Å². The fourth-order valence-corrected chi connectivity index (χ4v) is 1.38. The van der Waals surface area contributed by atoms with Crippen molar-refractivity contribution in [2.45, 2.75) is 13.0 Å². The van der Waals surface area contributed by atoms with E-state index in [1.807, 2.05) is 0 Å². The molecule has 0 radical (unpaired) electrons. The summed E-state index contributed by atoms with van der Waals surface area (Å²) in [6.45, 7) is 1.30. The normalized spacial score (nSPS) is 12.7. The lowest BCUT2D eigenvalue weighted by Crippen LogP contribution is -2.03. The molecule has 78 valence electrons. The number of ether oxygens (including phenoxy) is 1. The molecule has 0 saturated heterocycles. The second kappa shape index (κ2) is 4.11. The molecule has 1 rings (SSSR count). The van der Waals surface area contributed by atoms with E-state index in [1.54, 1.807) is 0 Å². The van der Waals surface area contributed by atoms with E-state index in [1.165, 1.54) is 14.0 Å². The lowest BCUT2D eigenvalue weighted by molar-refractivity contribution is 0.187. The Morgan fingerprint density at radius 2 is 2.07 bits per heavy atom. The van der Waals surface area contributed by atoms with Crippen LogP contribution in [0.15, 0.2) is 6.07 Å². The first-order chi connectivity index (χ1) is 6.49. The number of rotatable bonds is 2. The number of aliphatic hydroxyl groups is 1. The van der Waals surface area contributed by atoms with Crippen molar-refractivity contribution >= 4 is 11.6 Å². The average Bonchev–Trinajstić information content (AvgIpc) is 2.10. The van der Waals surface area contributed by atoms with Crippen molar-refractivity contribution in [2.75, 3.05) is 7.11 Å². The van der Waals surface area contributed by atoms with Crippen LogP contribution in [-0.2, 0) is 0 Å². The number of hydrogen-bond donors (Lipinski definition) is 1. The fourth-order valence-electron chi connectivity index (χ4n) is 1.18. The average molecular weight is 223 g/mol. The van der Waals surface area contributed by atoms with Gasteiger partial charge >= 0.3 is 0 Å². The molecule has 0 spiro atoms. The van der Waals surface area contributed by atoms with Crippen LogP contribution in [0, 0.1) is 11.6 Å². The van der Waals surface area contributed by atoms with Crippen LogP contribution in [-0.4, -0.2) is 12.2 Å². The Balaban J connectivity index is 3.48. The summed E-state index contributed by atoms with van der Waals surface area (Å²) in [4.78, 5) is 0. The third-order valence-electron chi connectivity index (χ3n) is 1.78. The third-order valence-corrected chi connectivity index (χ3v) is 2.06. The molecule has 14 heavy (non-hydrogen) atoms. The Hall–Kier alpha value is -0.870. The second-order valence-corrected chi connectivity index (χ2v) is 3.18. The maximum absolute atomic E-state index is 13.3. The Kier molecular flexibility index (Phi) is 3.29. The molecule has 0 heterocycles. The first-order valence-electron chi connectivity index (χ1n) is 3.88. The Morgan fingerprint density at radius 1 is 1.50 bits per heavy atom. The zero-order valence-corrected chi connectivity index (χ0v) is 8.40. The molecule has 1 atom stereocenters. The maximum atomic E-state index is 13.3. The van der Waals surface area contributed by atoms with Gasteiger partial charge in [0.2, 0.25) is 0 Å². The van der Waals surface area contributed by atoms with E-state index in [0.29, 0.717) is 0 Å². The van der Waals surface area contributed by atoms with Gasteiger partial charge in [-0.2, -0.15) is 0 Å². The van der Waals surface area contributed by atoms with E-state index in [2.05, 4.69) is 4.74 Å². The van der Waals surface area contributed by atoms with Gasteiger partial charge in [-0.05, 0) is 13.0 Å². The number of methoxy groups -OCH3 is 1. The Labute approximate surface area is 85.1 Å². The molecule has 1 N–H and O–H groups in total. The number of aliphatic hydroxyl groups excluding tert-OH is 1. The molecule has 5 heteroatoms. The van der Waals surface area contributed by atoms with Crippen molar-refractivity contribution < 1.29 is 18.6 Å². The Bertz CT molecular complexity index is 353. The first-order valence-corrected chi connectivity index (χ1v) is 4.26. The van der Waals surface area contributed by atoms with Crippen LogP contribution in [0.5, 0.6) is 5.75 Å². The van der Waals surface area contributed by atoms with Gasteiger partial charge in [0.25, 0.3) is 0 Å². The Morgan fingerprint density at radius 3 is 2.50 bits per heavy atom. The smallest absolute Gasteiger partial charge is 0.167 e. The van der Waals surface area contributed by atoms with Crippen molar-refractivity contribution in [1.82, 2.24) is 0 Å². The van der Waals surface area contributed by atoms with E-state index >= 15 is 0 Å². The van der Waals surface area contributed by atoms with E-state index in [9.17, 15) is 13.9 Å². The molecule has 1 aromatic rings. The van der Waals surface area contributed by atoms with Crippen LogP contribution >= 0.6 is 11.6 Å². The standard InChI is InChI=1S/C9H9ClF2O2/c1-4(13)7-8(12)5(10)3-6(11)9(7)14-2/h3-4,13H,1-2H3. The van der Waals surface area contributed by atoms with E-state index in [-0.39, 0.29) is 16.3 Å². The van der Waals surface area contributed by atoms with E-state index in [0.717, 1.165) is 6.07 Å². The molecule has 1 unspecified atom stereocenters. The zero-order chi connectivity index (χ0) is 10.9. The number of hydrogen-bond acceptors (Lipinski definition) is 2. The molecule has 0 bridgehead atoms. The third kappa shape index (κ3) is 1.81. The predicted molar refractivity (Wildman–Crippen MR) is 48.6 cm³/mol. The molecule has 2 nitrogen and oxygen atoms in total. The molecular weight excluding hydrogens is 214 g/mol. The van der Waals surface area contributed by atoms with E-state index in [4.69, 9.17) is 11.6 Å². The quantitative estimate of drug-likeness (QED) is 0.780. The van der Waals surface area contributed by atoms with Crippen LogP contribution in [0.1, 0.15) is 18.6 Å². The lowest BCUT2D eigenvalue weighted by atomic mass is 10.1. The summed E-state index contributed by atoms with van der Waals surface area (Å²) in [5.41, 5.74) is -0.266. The maximum Gasteiger partial charge on any atom is 0.167 e. The van der Waals surface area contributed by atoms with Crippen molar-refractivity contribution in [3.05, 3.63) is 28.3 Å². The molecule has 0 amide bonds. The summed E-state index contributed by atoms with van der Waals surface area (Å²) in [5.74, 6) is -1.98. The largest absolute Gasteiger partial charge is 0.493 e. The summed E-state index contributed by atoms with van der Waals surface area (Å²) in [7, 11) is 1.19. The summed E-state index contributed by atoms with van der Waals surface area (Å²) in [6, 6.07) is 0.807. The van der Waals surface area contributed by atoms with Gasteiger partial charge in [-0.3, -0.25) is 0 Å². The van der Waals surface area contributed by atoms with Gasteiger partial charge in [0.05, 0.1) is 23.8 Å². The molecule has 0 fully saturated rings. The zero-order valence-electron chi connectivity index (χ0n) is 7.64. The van der Waals surface area contributed by atoms with Crippen LogP contribution in [0.2, 0.25) is 5.02 Å². The highest BCUT2D eigenvalue weighted by Crippen LogP contribution is 2.34. The molecule has 0 aliphatic heterocycles. The molecule has 0 aromatic heterocycles. The summed E-state index contributed by atoms with van der Waals surface area (Å²) in [6.07, 6.45) is -1.18. The van der Waals surface area contributed by atoms with Gasteiger partial charge in [-0.15, -0.1) is 0 Å². The van der Waals surface area contributed by atoms with Crippen LogP contribution in [0.25, 0.3) is 0 Å². The number of halogens is 3. The van der Waals surface area contributed by atoms with Gasteiger partial charge in [0, 0.05) is 0 Å². The molecular formula is C9H9ClF2O2. The summed E-state index contributed by atoms with van der Waals surface area (Å²) in [5, 5.41) is 8.84. The fraction of sp³-hybridized carbons (Fsp3) is 0.333. The minimum absolute atomic E-state index is 0.266. The number of benzene rings is 1. The van der Waals surface area contributed by atoms with Crippen LogP contribution in [0.3, 0.4) is 0 Å². The molecule has 1 aromatic carbocycles. The molecule has 0 aliphatic rings. The minimum Gasteiger partial charge on any atom is -0.493 e. The second-order valence-electron chi connectivity index (χ2n) is 2.78. The summed E-state index contributed by atoms with van der Waals surface area (Å²) >= 11 is 5.41. The van der Waals surface area contributed by atoms with Crippen molar-refractivity contribution in [3.63, 3.8) is 0 Å². The summed E-state index contributed by atoms with van der Waals surface area (Å²) < 4.78 is 31.1. The highest BCUT2D eigenvalue weighted by molar-refractivity contribution is 6.30. The SMILES string of the molecule is COc1c(F)cc(Cl)c(F)c1C(C)O. The predicted octanol–water partition coefficient (Wildman–Crippen LogP) is 2.68. The molecule has 0 aliphatic carbocycles. The van der Waals surface area contributed by atoms with Crippen molar-refractivity contribution in [2.24, 2.45) is 0 Å².